The molecule has 0 aromatic heterocycles. The van der Waals surface area contributed by atoms with E-state index in [-0.39, 0.29) is 18.5 Å². The average molecular weight is 1140 g/mol. The molecule has 6 heteroatoms. The lowest BCUT2D eigenvalue weighted by molar-refractivity contribution is -0.143. The number of unbranched alkanes of at least 4 members (excludes halogenated alkanes) is 55. The summed E-state index contributed by atoms with van der Waals surface area (Å²) in [5, 5.41) is 23.5. The Hall–Kier alpha value is -1.66. The fraction of sp³-hybridized carbons (Fsp3) is 0.920. The summed E-state index contributed by atoms with van der Waals surface area (Å²) < 4.78 is 5.50. The van der Waals surface area contributed by atoms with Gasteiger partial charge in [-0.3, -0.25) is 9.59 Å². The van der Waals surface area contributed by atoms with Crippen molar-refractivity contribution in [3.8, 4) is 0 Å². The molecular weight excluding hydrogens is 995 g/mol. The molecule has 0 saturated carbocycles. The molecule has 0 bridgehead atoms. The van der Waals surface area contributed by atoms with Crippen molar-refractivity contribution in [3.05, 3.63) is 24.3 Å². The summed E-state index contributed by atoms with van der Waals surface area (Å²) in [6.45, 7) is 4.97. The molecule has 0 radical (unpaired) electrons. The molecule has 0 fully saturated rings. The van der Waals surface area contributed by atoms with E-state index in [0.717, 1.165) is 51.4 Å². The van der Waals surface area contributed by atoms with Crippen molar-refractivity contribution < 1.29 is 24.5 Å². The van der Waals surface area contributed by atoms with Gasteiger partial charge in [0.15, 0.2) is 0 Å². The Labute approximate surface area is 507 Å². The lowest BCUT2D eigenvalue weighted by Gasteiger charge is -2.22. The lowest BCUT2D eigenvalue weighted by Crippen LogP contribution is -2.45. The van der Waals surface area contributed by atoms with E-state index in [2.05, 4.69) is 43.5 Å². The predicted octanol–water partition coefficient (Wildman–Crippen LogP) is 24.1. The van der Waals surface area contributed by atoms with E-state index in [4.69, 9.17) is 4.74 Å². The molecular formula is C75H145NO5. The number of aliphatic hydroxyl groups excluding tert-OH is 2. The number of rotatable bonds is 70. The van der Waals surface area contributed by atoms with E-state index in [1.165, 1.54) is 334 Å². The highest BCUT2D eigenvalue weighted by Crippen LogP contribution is 2.19. The summed E-state index contributed by atoms with van der Waals surface area (Å²) in [4.78, 5) is 24.7. The summed E-state index contributed by atoms with van der Waals surface area (Å²) in [5.41, 5.74) is 0. The quantitative estimate of drug-likeness (QED) is 0.0320. The van der Waals surface area contributed by atoms with Crippen LogP contribution in [-0.4, -0.2) is 47.4 Å². The smallest absolute Gasteiger partial charge is 0.305 e. The van der Waals surface area contributed by atoms with E-state index < -0.39 is 12.1 Å². The molecule has 6 nitrogen and oxygen atoms in total. The van der Waals surface area contributed by atoms with Gasteiger partial charge < -0.3 is 20.3 Å². The van der Waals surface area contributed by atoms with Gasteiger partial charge in [0, 0.05) is 12.8 Å². The van der Waals surface area contributed by atoms with Crippen LogP contribution in [-0.2, 0) is 14.3 Å². The van der Waals surface area contributed by atoms with Crippen molar-refractivity contribution in [2.24, 2.45) is 0 Å². The summed E-state index contributed by atoms with van der Waals surface area (Å²) in [6, 6.07) is -0.544. The minimum Gasteiger partial charge on any atom is -0.466 e. The van der Waals surface area contributed by atoms with Crippen molar-refractivity contribution >= 4 is 11.9 Å². The number of nitrogens with one attached hydrogen (secondary N) is 1. The molecule has 0 heterocycles. The number of hydrogen-bond donors (Lipinski definition) is 3. The van der Waals surface area contributed by atoms with Gasteiger partial charge in [0.25, 0.3) is 0 Å². The Morgan fingerprint density at radius 2 is 0.617 bits per heavy atom. The molecule has 81 heavy (non-hydrogen) atoms. The Bertz CT molecular complexity index is 1270. The standard InChI is InChI=1S/C75H145NO5/c1-3-5-7-9-11-13-15-17-19-21-23-24-25-26-27-29-32-35-39-43-47-51-55-59-63-67-73(78)72(71-77)76-74(79)68-64-60-56-52-48-44-40-36-33-30-28-31-34-38-42-46-50-54-58-62-66-70-81-75(80)69-65-61-57-53-49-45-41-37-22-20-18-16-14-12-10-8-6-4-2/h14,16,20,22,72-73,77-78H,3-13,15,17-19,21,23-71H2,1-2H3,(H,76,79)/b16-14-,22-20-. The van der Waals surface area contributed by atoms with Crippen molar-refractivity contribution in [1.29, 1.82) is 0 Å². The number of carbonyl (C=O) groups is 2. The molecule has 0 spiro atoms. The monoisotopic (exact) mass is 1140 g/mol. The molecule has 2 unspecified atom stereocenters. The first-order valence-electron chi connectivity index (χ1n) is 37.1. The Kier molecular flexibility index (Phi) is 69.4. The van der Waals surface area contributed by atoms with Gasteiger partial charge in [0.2, 0.25) is 5.91 Å². The minimum absolute atomic E-state index is 0.00599. The SMILES string of the molecule is CCCCCC/C=C\C/C=C\CCCCCCCCCC(=O)OCCCCCCCCCCCCCCCCCCCCCCCC(=O)NC(CO)C(O)CCCCCCCCCCCCCCCCCCCCCCCCCCC. The lowest BCUT2D eigenvalue weighted by atomic mass is 10.0. The van der Waals surface area contributed by atoms with Crippen LogP contribution in [0.25, 0.3) is 0 Å². The van der Waals surface area contributed by atoms with Crippen LogP contribution in [0.3, 0.4) is 0 Å². The van der Waals surface area contributed by atoms with E-state index >= 15 is 0 Å². The number of hydrogen-bond acceptors (Lipinski definition) is 5. The molecule has 0 aromatic rings. The summed E-state index contributed by atoms with van der Waals surface area (Å²) in [5.74, 6) is -0.0248. The number of amides is 1. The first kappa shape index (κ1) is 79.3. The highest BCUT2D eigenvalue weighted by molar-refractivity contribution is 5.76. The van der Waals surface area contributed by atoms with Gasteiger partial charge in [-0.2, -0.15) is 0 Å². The van der Waals surface area contributed by atoms with Crippen LogP contribution in [0.2, 0.25) is 0 Å². The van der Waals surface area contributed by atoms with Crippen molar-refractivity contribution in [2.45, 2.75) is 431 Å². The van der Waals surface area contributed by atoms with E-state index in [9.17, 15) is 19.8 Å². The zero-order valence-corrected chi connectivity index (χ0v) is 55.0. The zero-order valence-electron chi connectivity index (χ0n) is 55.0. The number of esters is 1. The number of carbonyl (C=O) groups excluding carboxylic acids is 2. The molecule has 0 aromatic carbocycles. The normalized spacial score (nSPS) is 12.6. The average Bonchev–Trinajstić information content (AvgIpc) is 3.47. The molecule has 0 aliphatic carbocycles. The zero-order chi connectivity index (χ0) is 58.5. The highest BCUT2D eigenvalue weighted by Gasteiger charge is 2.20. The van der Waals surface area contributed by atoms with Crippen LogP contribution in [0.1, 0.15) is 418 Å². The summed E-state index contributed by atoms with van der Waals surface area (Å²) in [7, 11) is 0. The number of aliphatic hydroxyl groups is 2. The molecule has 0 aliphatic rings. The van der Waals surface area contributed by atoms with Crippen LogP contribution < -0.4 is 5.32 Å². The minimum atomic E-state index is -0.667. The fourth-order valence-electron chi connectivity index (χ4n) is 11.9. The molecule has 0 rings (SSSR count). The van der Waals surface area contributed by atoms with Crippen LogP contribution in [0.4, 0.5) is 0 Å². The van der Waals surface area contributed by atoms with Gasteiger partial charge in [-0.1, -0.05) is 372 Å². The largest absolute Gasteiger partial charge is 0.466 e. The first-order valence-corrected chi connectivity index (χ1v) is 37.1. The third-order valence-corrected chi connectivity index (χ3v) is 17.5. The Morgan fingerprint density at radius 1 is 0.346 bits per heavy atom. The maximum Gasteiger partial charge on any atom is 0.305 e. The van der Waals surface area contributed by atoms with Crippen molar-refractivity contribution in [1.82, 2.24) is 5.32 Å². The van der Waals surface area contributed by atoms with Gasteiger partial charge in [-0.25, -0.2) is 0 Å². The van der Waals surface area contributed by atoms with Gasteiger partial charge in [-0.15, -0.1) is 0 Å². The third kappa shape index (κ3) is 67.3. The summed E-state index contributed by atoms with van der Waals surface area (Å²) in [6.07, 6.45) is 89.4. The number of allylic oxidation sites excluding steroid dienone is 4. The first-order chi connectivity index (χ1) is 40.0. The molecule has 0 saturated heterocycles. The van der Waals surface area contributed by atoms with Crippen LogP contribution in [0, 0.1) is 0 Å². The summed E-state index contributed by atoms with van der Waals surface area (Å²) >= 11 is 0. The van der Waals surface area contributed by atoms with Crippen LogP contribution >= 0.6 is 0 Å². The van der Waals surface area contributed by atoms with Crippen molar-refractivity contribution in [2.75, 3.05) is 13.2 Å². The van der Waals surface area contributed by atoms with Crippen LogP contribution in [0.15, 0.2) is 24.3 Å². The third-order valence-electron chi connectivity index (χ3n) is 17.5. The second-order valence-corrected chi connectivity index (χ2v) is 25.6. The Morgan fingerprint density at radius 3 is 0.951 bits per heavy atom. The van der Waals surface area contributed by atoms with Crippen molar-refractivity contribution in [3.63, 3.8) is 0 Å². The van der Waals surface area contributed by atoms with Gasteiger partial charge in [0.1, 0.15) is 0 Å². The van der Waals surface area contributed by atoms with E-state index in [1.54, 1.807) is 0 Å². The van der Waals surface area contributed by atoms with Gasteiger partial charge in [0.05, 0.1) is 25.4 Å². The van der Waals surface area contributed by atoms with Gasteiger partial charge in [-0.05, 0) is 57.8 Å². The predicted molar refractivity (Wildman–Crippen MR) is 356 cm³/mol. The van der Waals surface area contributed by atoms with E-state index in [0.29, 0.717) is 25.9 Å². The fourth-order valence-corrected chi connectivity index (χ4v) is 11.9. The molecule has 480 valence electrons. The topological polar surface area (TPSA) is 95.9 Å². The maximum absolute atomic E-state index is 12.6. The molecule has 3 N–H and O–H groups in total. The van der Waals surface area contributed by atoms with Gasteiger partial charge >= 0.3 is 5.97 Å². The second-order valence-electron chi connectivity index (χ2n) is 25.6. The highest BCUT2D eigenvalue weighted by atomic mass is 16.5. The molecule has 1 amide bonds. The van der Waals surface area contributed by atoms with Crippen LogP contribution in [0.5, 0.6) is 0 Å². The maximum atomic E-state index is 12.6. The molecule has 2 atom stereocenters. The molecule has 0 aliphatic heterocycles. The Balaban J connectivity index is 3.38. The second kappa shape index (κ2) is 70.8. The number of ether oxygens (including phenoxy) is 1. The van der Waals surface area contributed by atoms with E-state index in [1.807, 2.05) is 0 Å².